The van der Waals surface area contributed by atoms with Gasteiger partial charge in [-0.15, -0.1) is 5.43 Å². The van der Waals surface area contributed by atoms with E-state index in [1.54, 1.807) is 0 Å². The summed E-state index contributed by atoms with van der Waals surface area (Å²) < 4.78 is 0.607. The van der Waals surface area contributed by atoms with Crippen molar-refractivity contribution in [2.75, 3.05) is 21.1 Å². The standard InChI is InChI=1S/C9H19N3O/c1-6-8(10-9(13)7-2)11-12(3,4)5/h7-8,11H,2,6H2,1,3-5H3/p+1. The number of quaternary nitrogens is 1. The maximum Gasteiger partial charge on any atom is 0.244 e. The molecule has 0 saturated heterocycles. The van der Waals surface area contributed by atoms with Crippen molar-refractivity contribution in [2.24, 2.45) is 0 Å². The first-order valence-corrected chi connectivity index (χ1v) is 4.41. The Bertz CT molecular complexity index is 184. The van der Waals surface area contributed by atoms with Gasteiger partial charge in [0.05, 0.1) is 21.1 Å². The zero-order valence-corrected chi connectivity index (χ0v) is 8.92. The molecule has 0 spiro atoms. The van der Waals surface area contributed by atoms with Crippen LogP contribution in [0.2, 0.25) is 0 Å². The van der Waals surface area contributed by atoms with Crippen LogP contribution in [0.1, 0.15) is 13.3 Å². The van der Waals surface area contributed by atoms with Crippen LogP contribution in [0.25, 0.3) is 0 Å². The van der Waals surface area contributed by atoms with E-state index in [2.05, 4.69) is 17.3 Å². The number of rotatable bonds is 5. The first-order chi connectivity index (χ1) is 5.89. The second-order valence-electron chi connectivity index (χ2n) is 3.82. The first kappa shape index (κ1) is 12.1. The normalized spacial score (nSPS) is 13.5. The van der Waals surface area contributed by atoms with Crippen LogP contribution in [0.3, 0.4) is 0 Å². The van der Waals surface area contributed by atoms with Gasteiger partial charge in [-0.3, -0.25) is 9.39 Å². The van der Waals surface area contributed by atoms with E-state index in [9.17, 15) is 4.79 Å². The van der Waals surface area contributed by atoms with Crippen molar-refractivity contribution in [3.8, 4) is 0 Å². The summed E-state index contributed by atoms with van der Waals surface area (Å²) >= 11 is 0. The van der Waals surface area contributed by atoms with Crippen molar-refractivity contribution in [3.05, 3.63) is 12.7 Å². The summed E-state index contributed by atoms with van der Waals surface area (Å²) in [6.45, 7) is 5.41. The van der Waals surface area contributed by atoms with Gasteiger partial charge in [0, 0.05) is 0 Å². The molecule has 4 nitrogen and oxygen atoms in total. The Hall–Kier alpha value is -0.870. The Balaban J connectivity index is 4.04. The van der Waals surface area contributed by atoms with E-state index in [4.69, 9.17) is 0 Å². The summed E-state index contributed by atoms with van der Waals surface area (Å²) in [7, 11) is 6.01. The molecule has 0 aliphatic carbocycles. The van der Waals surface area contributed by atoms with E-state index >= 15 is 0 Å². The molecule has 0 aliphatic rings. The maximum absolute atomic E-state index is 11.0. The highest BCUT2D eigenvalue weighted by Crippen LogP contribution is 1.91. The molecule has 0 bridgehead atoms. The molecule has 2 N–H and O–H groups in total. The Kier molecular flexibility index (Phi) is 4.66. The van der Waals surface area contributed by atoms with Gasteiger partial charge in [-0.1, -0.05) is 13.5 Å². The fourth-order valence-corrected chi connectivity index (χ4v) is 0.924. The zero-order valence-electron chi connectivity index (χ0n) is 8.92. The van der Waals surface area contributed by atoms with Gasteiger partial charge in [0.15, 0.2) is 0 Å². The summed E-state index contributed by atoms with van der Waals surface area (Å²) in [5.41, 5.74) is 3.23. The lowest BCUT2D eigenvalue weighted by Crippen LogP contribution is -2.58. The Morgan fingerprint density at radius 2 is 2.08 bits per heavy atom. The smallest absolute Gasteiger partial charge is 0.244 e. The average molecular weight is 186 g/mol. The van der Waals surface area contributed by atoms with Gasteiger partial charge in [0.1, 0.15) is 6.17 Å². The fourth-order valence-electron chi connectivity index (χ4n) is 0.924. The Labute approximate surface area is 80.2 Å². The van der Waals surface area contributed by atoms with Crippen molar-refractivity contribution >= 4 is 5.91 Å². The Morgan fingerprint density at radius 3 is 2.38 bits per heavy atom. The van der Waals surface area contributed by atoms with Crippen LogP contribution in [0.4, 0.5) is 0 Å². The molecule has 0 radical (unpaired) electrons. The van der Waals surface area contributed by atoms with E-state index in [0.717, 1.165) is 6.42 Å². The number of nitrogens with zero attached hydrogens (tertiary/aromatic N) is 1. The molecule has 13 heavy (non-hydrogen) atoms. The second-order valence-corrected chi connectivity index (χ2v) is 3.82. The quantitative estimate of drug-likeness (QED) is 0.279. The predicted molar refractivity (Wildman–Crippen MR) is 53.6 cm³/mol. The fraction of sp³-hybridized carbons (Fsp3) is 0.667. The topological polar surface area (TPSA) is 41.1 Å². The van der Waals surface area contributed by atoms with E-state index < -0.39 is 0 Å². The number of carbonyl (C=O) groups is 1. The predicted octanol–water partition coefficient (Wildman–Crippen LogP) is 0.236. The molecule has 0 fully saturated rings. The molecule has 0 aromatic heterocycles. The minimum atomic E-state index is -0.146. The highest BCUT2D eigenvalue weighted by molar-refractivity contribution is 5.86. The molecule has 0 heterocycles. The summed E-state index contributed by atoms with van der Waals surface area (Å²) in [5.74, 6) is -0.146. The molecule has 4 heteroatoms. The van der Waals surface area contributed by atoms with Crippen molar-refractivity contribution in [2.45, 2.75) is 19.5 Å². The summed E-state index contributed by atoms with van der Waals surface area (Å²) in [4.78, 5) is 11.0. The van der Waals surface area contributed by atoms with Gasteiger partial charge in [0.2, 0.25) is 5.91 Å². The van der Waals surface area contributed by atoms with Crippen molar-refractivity contribution < 1.29 is 9.39 Å². The number of amides is 1. The number of hydrogen-bond donors (Lipinski definition) is 2. The third-order valence-corrected chi connectivity index (χ3v) is 1.45. The molecule has 1 unspecified atom stereocenters. The van der Waals surface area contributed by atoms with E-state index in [0.29, 0.717) is 4.59 Å². The number of nitrogens with one attached hydrogen (secondary N) is 2. The molecule has 0 aromatic carbocycles. The Morgan fingerprint density at radius 1 is 1.54 bits per heavy atom. The van der Waals surface area contributed by atoms with Crippen molar-refractivity contribution in [3.63, 3.8) is 0 Å². The molecule has 0 aromatic rings. The van der Waals surface area contributed by atoms with Crippen LogP contribution in [-0.4, -0.2) is 37.8 Å². The van der Waals surface area contributed by atoms with E-state index in [-0.39, 0.29) is 12.1 Å². The molecule has 76 valence electrons. The third-order valence-electron chi connectivity index (χ3n) is 1.45. The lowest BCUT2D eigenvalue weighted by atomic mass is 10.3. The highest BCUT2D eigenvalue weighted by atomic mass is 16.1. The molecule has 0 rings (SSSR count). The van der Waals surface area contributed by atoms with Crippen molar-refractivity contribution in [1.82, 2.24) is 10.7 Å². The van der Waals surface area contributed by atoms with Crippen molar-refractivity contribution in [1.29, 1.82) is 0 Å². The summed E-state index contributed by atoms with van der Waals surface area (Å²) in [6.07, 6.45) is 2.11. The van der Waals surface area contributed by atoms with Crippen LogP contribution >= 0.6 is 0 Å². The summed E-state index contributed by atoms with van der Waals surface area (Å²) in [6, 6.07) is 0. The minimum Gasteiger partial charge on any atom is -0.333 e. The highest BCUT2D eigenvalue weighted by Gasteiger charge is 2.15. The molecule has 0 aliphatic heterocycles. The minimum absolute atomic E-state index is 0.00880. The average Bonchev–Trinajstić information content (AvgIpc) is 2.00. The number of carbonyl (C=O) groups excluding carboxylic acids is 1. The van der Waals surface area contributed by atoms with Gasteiger partial charge < -0.3 is 5.32 Å². The largest absolute Gasteiger partial charge is 0.333 e. The van der Waals surface area contributed by atoms with E-state index in [1.165, 1.54) is 6.08 Å². The number of hydrogen-bond acceptors (Lipinski definition) is 2. The van der Waals surface area contributed by atoms with Crippen LogP contribution in [0.5, 0.6) is 0 Å². The van der Waals surface area contributed by atoms with Crippen LogP contribution in [-0.2, 0) is 4.79 Å². The first-order valence-electron chi connectivity index (χ1n) is 4.41. The maximum atomic E-state index is 11.0. The van der Waals surface area contributed by atoms with Crippen LogP contribution < -0.4 is 10.7 Å². The van der Waals surface area contributed by atoms with Gasteiger partial charge in [-0.05, 0) is 12.5 Å². The molecule has 1 atom stereocenters. The lowest BCUT2D eigenvalue weighted by Gasteiger charge is -2.29. The summed E-state index contributed by atoms with van der Waals surface area (Å²) in [5, 5.41) is 2.79. The van der Waals surface area contributed by atoms with Gasteiger partial charge in [-0.2, -0.15) is 0 Å². The second kappa shape index (κ2) is 4.99. The van der Waals surface area contributed by atoms with Gasteiger partial charge in [-0.25, -0.2) is 0 Å². The molecular weight excluding hydrogens is 166 g/mol. The lowest BCUT2D eigenvalue weighted by molar-refractivity contribution is -0.918. The molecular formula is C9H20N3O+. The van der Waals surface area contributed by atoms with E-state index in [1.807, 2.05) is 28.1 Å². The zero-order chi connectivity index (χ0) is 10.5. The third kappa shape index (κ3) is 6.31. The van der Waals surface area contributed by atoms with Crippen LogP contribution in [0.15, 0.2) is 12.7 Å². The van der Waals surface area contributed by atoms with Gasteiger partial charge >= 0.3 is 0 Å². The molecule has 0 saturated carbocycles. The van der Waals surface area contributed by atoms with Crippen LogP contribution in [0, 0.1) is 0 Å². The monoisotopic (exact) mass is 186 g/mol. The SMILES string of the molecule is C=CC(=O)NC(CC)N[N+](C)(C)C. The molecule has 1 amide bonds. The van der Waals surface area contributed by atoms with Gasteiger partial charge in [0.25, 0.3) is 0 Å².